The van der Waals surface area contributed by atoms with Crippen molar-refractivity contribution in [3.63, 3.8) is 0 Å². The standard InChI is InChI=1S/C16H20FN3O/c17-14-9-8-12(18)10-13(14)16-19-15(20-21-16)11-6-4-2-1-3-5-7-11/h8-11H,1-7,18H2. The maximum absolute atomic E-state index is 13.8. The minimum Gasteiger partial charge on any atom is -0.399 e. The van der Waals surface area contributed by atoms with Gasteiger partial charge in [0.15, 0.2) is 5.82 Å². The average molecular weight is 289 g/mol. The van der Waals surface area contributed by atoms with Crippen molar-refractivity contribution < 1.29 is 8.91 Å². The Bertz CT molecular complexity index is 603. The lowest BCUT2D eigenvalue weighted by Crippen LogP contribution is -2.04. The third kappa shape index (κ3) is 3.23. The van der Waals surface area contributed by atoms with Crippen LogP contribution < -0.4 is 5.73 Å². The maximum Gasteiger partial charge on any atom is 0.260 e. The largest absolute Gasteiger partial charge is 0.399 e. The summed E-state index contributed by atoms with van der Waals surface area (Å²) in [6.45, 7) is 0. The molecule has 1 aliphatic rings. The summed E-state index contributed by atoms with van der Waals surface area (Å²) in [5.41, 5.74) is 6.46. The SMILES string of the molecule is Nc1ccc(F)c(-c2nc(C3CCCCCCC3)no2)c1. The molecule has 0 atom stereocenters. The molecule has 1 aliphatic carbocycles. The number of hydrogen-bond acceptors (Lipinski definition) is 4. The molecule has 0 amide bonds. The van der Waals surface area contributed by atoms with Crippen LogP contribution in [0.3, 0.4) is 0 Å². The first-order valence-corrected chi connectivity index (χ1v) is 7.63. The van der Waals surface area contributed by atoms with Gasteiger partial charge in [0.05, 0.1) is 5.56 Å². The second-order valence-electron chi connectivity index (χ2n) is 5.74. The first-order chi connectivity index (χ1) is 10.2. The smallest absolute Gasteiger partial charge is 0.260 e. The van der Waals surface area contributed by atoms with E-state index < -0.39 is 5.82 Å². The number of rotatable bonds is 2. The van der Waals surface area contributed by atoms with Gasteiger partial charge in [-0.1, -0.05) is 37.3 Å². The molecule has 0 unspecified atom stereocenters. The highest BCUT2D eigenvalue weighted by molar-refractivity contribution is 5.60. The van der Waals surface area contributed by atoms with E-state index >= 15 is 0 Å². The van der Waals surface area contributed by atoms with Gasteiger partial charge in [-0.3, -0.25) is 0 Å². The lowest BCUT2D eigenvalue weighted by atomic mass is 9.91. The Kier molecular flexibility index (Phi) is 4.18. The highest BCUT2D eigenvalue weighted by Crippen LogP contribution is 2.31. The second kappa shape index (κ2) is 6.24. The van der Waals surface area contributed by atoms with Crippen LogP contribution in [0, 0.1) is 5.82 Å². The van der Waals surface area contributed by atoms with Gasteiger partial charge < -0.3 is 10.3 Å². The molecule has 1 aromatic heterocycles. The Morgan fingerprint density at radius 3 is 2.57 bits per heavy atom. The molecular weight excluding hydrogens is 269 g/mol. The van der Waals surface area contributed by atoms with Gasteiger partial charge >= 0.3 is 0 Å². The van der Waals surface area contributed by atoms with Crippen LogP contribution in [0.1, 0.15) is 56.7 Å². The van der Waals surface area contributed by atoms with E-state index in [1.165, 1.54) is 50.3 Å². The zero-order valence-corrected chi connectivity index (χ0v) is 12.0. The number of nitrogens with two attached hydrogens (primary N) is 1. The molecule has 1 saturated carbocycles. The summed E-state index contributed by atoms with van der Waals surface area (Å²) in [5.74, 6) is 0.856. The molecule has 0 radical (unpaired) electrons. The van der Waals surface area contributed by atoms with Crippen molar-refractivity contribution in [1.29, 1.82) is 0 Å². The maximum atomic E-state index is 13.8. The summed E-state index contributed by atoms with van der Waals surface area (Å²) >= 11 is 0. The third-order valence-electron chi connectivity index (χ3n) is 4.13. The molecule has 5 heteroatoms. The van der Waals surface area contributed by atoms with Gasteiger partial charge in [-0.2, -0.15) is 4.98 Å². The van der Waals surface area contributed by atoms with E-state index in [-0.39, 0.29) is 11.5 Å². The zero-order chi connectivity index (χ0) is 14.7. The van der Waals surface area contributed by atoms with Crippen molar-refractivity contribution in [3.05, 3.63) is 29.8 Å². The number of nitrogens with zero attached hydrogens (tertiary/aromatic N) is 2. The summed E-state index contributed by atoms with van der Waals surface area (Å²) in [7, 11) is 0. The highest BCUT2D eigenvalue weighted by Gasteiger charge is 2.21. The average Bonchev–Trinajstić information content (AvgIpc) is 2.90. The molecule has 0 bridgehead atoms. The molecule has 0 saturated heterocycles. The number of anilines is 1. The van der Waals surface area contributed by atoms with Crippen molar-refractivity contribution in [1.82, 2.24) is 10.1 Å². The molecule has 1 aromatic carbocycles. The van der Waals surface area contributed by atoms with Crippen molar-refractivity contribution >= 4 is 5.69 Å². The summed E-state index contributed by atoms with van der Waals surface area (Å²) in [4.78, 5) is 4.41. The molecule has 2 N–H and O–H groups in total. The van der Waals surface area contributed by atoms with Gasteiger partial charge in [-0.25, -0.2) is 4.39 Å². The van der Waals surface area contributed by atoms with Crippen molar-refractivity contribution in [2.45, 2.75) is 50.9 Å². The highest BCUT2D eigenvalue weighted by atomic mass is 19.1. The summed E-state index contributed by atoms with van der Waals surface area (Å²) < 4.78 is 19.1. The molecule has 0 spiro atoms. The number of halogens is 1. The van der Waals surface area contributed by atoms with Crippen molar-refractivity contribution in [2.75, 3.05) is 5.73 Å². The van der Waals surface area contributed by atoms with Crippen LogP contribution in [0.2, 0.25) is 0 Å². The van der Waals surface area contributed by atoms with E-state index in [9.17, 15) is 4.39 Å². The monoisotopic (exact) mass is 289 g/mol. The molecular formula is C16H20FN3O. The van der Waals surface area contributed by atoms with Gasteiger partial charge in [0, 0.05) is 11.6 Å². The molecule has 4 nitrogen and oxygen atoms in total. The van der Waals surface area contributed by atoms with Crippen LogP contribution in [0.5, 0.6) is 0 Å². The van der Waals surface area contributed by atoms with Gasteiger partial charge in [-0.05, 0) is 31.0 Å². The second-order valence-corrected chi connectivity index (χ2v) is 5.74. The van der Waals surface area contributed by atoms with E-state index in [2.05, 4.69) is 10.1 Å². The van der Waals surface area contributed by atoms with Gasteiger partial charge in [0.25, 0.3) is 5.89 Å². The van der Waals surface area contributed by atoms with Crippen LogP contribution in [0.4, 0.5) is 10.1 Å². The lowest BCUT2D eigenvalue weighted by molar-refractivity contribution is 0.392. The quantitative estimate of drug-likeness (QED) is 0.838. The summed E-state index contributed by atoms with van der Waals surface area (Å²) in [6.07, 6.45) is 8.41. The van der Waals surface area contributed by atoms with E-state index in [4.69, 9.17) is 10.3 Å². The normalized spacial score (nSPS) is 17.4. The van der Waals surface area contributed by atoms with Crippen LogP contribution in [-0.2, 0) is 0 Å². The molecule has 1 fully saturated rings. The Balaban J connectivity index is 1.83. The number of hydrogen-bond donors (Lipinski definition) is 1. The van der Waals surface area contributed by atoms with Crippen molar-refractivity contribution in [3.8, 4) is 11.5 Å². The van der Waals surface area contributed by atoms with Gasteiger partial charge in [-0.15, -0.1) is 0 Å². The molecule has 2 aromatic rings. The van der Waals surface area contributed by atoms with E-state index in [0.29, 0.717) is 17.4 Å². The molecule has 1 heterocycles. The Morgan fingerprint density at radius 1 is 1.10 bits per heavy atom. The Hall–Kier alpha value is -1.91. The van der Waals surface area contributed by atoms with Crippen LogP contribution in [-0.4, -0.2) is 10.1 Å². The van der Waals surface area contributed by atoms with E-state index in [1.54, 1.807) is 0 Å². The zero-order valence-electron chi connectivity index (χ0n) is 12.0. The van der Waals surface area contributed by atoms with Gasteiger partial charge in [0.2, 0.25) is 0 Å². The number of benzene rings is 1. The van der Waals surface area contributed by atoms with Crippen LogP contribution >= 0.6 is 0 Å². The van der Waals surface area contributed by atoms with E-state index in [1.807, 2.05) is 0 Å². The summed E-state index contributed by atoms with van der Waals surface area (Å²) in [5, 5.41) is 4.07. The lowest BCUT2D eigenvalue weighted by Gasteiger charge is -2.15. The minimum atomic E-state index is -0.392. The first kappa shape index (κ1) is 14.0. The van der Waals surface area contributed by atoms with E-state index in [0.717, 1.165) is 12.8 Å². The van der Waals surface area contributed by atoms with Crippen LogP contribution in [0.15, 0.2) is 22.7 Å². The fraction of sp³-hybridized carbons (Fsp3) is 0.500. The minimum absolute atomic E-state index is 0.219. The van der Waals surface area contributed by atoms with Crippen molar-refractivity contribution in [2.24, 2.45) is 0 Å². The van der Waals surface area contributed by atoms with Crippen LogP contribution in [0.25, 0.3) is 11.5 Å². The first-order valence-electron chi connectivity index (χ1n) is 7.63. The molecule has 21 heavy (non-hydrogen) atoms. The molecule has 0 aliphatic heterocycles. The Labute approximate surface area is 123 Å². The fourth-order valence-corrected chi connectivity index (χ4v) is 2.93. The topological polar surface area (TPSA) is 64.9 Å². The fourth-order valence-electron chi connectivity index (χ4n) is 2.93. The molecule has 3 rings (SSSR count). The number of nitrogen functional groups attached to an aromatic ring is 1. The Morgan fingerprint density at radius 2 is 1.81 bits per heavy atom. The predicted molar refractivity (Wildman–Crippen MR) is 79.2 cm³/mol. The predicted octanol–water partition coefficient (Wildman–Crippen LogP) is 4.29. The number of aromatic nitrogens is 2. The third-order valence-corrected chi connectivity index (χ3v) is 4.13. The molecule has 112 valence electrons. The summed E-state index contributed by atoms with van der Waals surface area (Å²) in [6, 6.07) is 4.38. The van der Waals surface area contributed by atoms with Gasteiger partial charge in [0.1, 0.15) is 5.82 Å².